The number of hydrogen-bond donors (Lipinski definition) is 1. The number of anilines is 2. The van der Waals surface area contributed by atoms with E-state index in [0.29, 0.717) is 29.5 Å². The van der Waals surface area contributed by atoms with Gasteiger partial charge in [0.25, 0.3) is 5.91 Å². The minimum Gasteiger partial charge on any atom is -0.308 e. The number of urea groups is 1. The topological polar surface area (TPSA) is 52.7 Å². The molecule has 1 atom stereocenters. The van der Waals surface area contributed by atoms with Crippen LogP contribution in [0.3, 0.4) is 0 Å². The third-order valence-electron chi connectivity index (χ3n) is 6.40. The van der Waals surface area contributed by atoms with Crippen LogP contribution in [0.25, 0.3) is 0 Å². The fourth-order valence-corrected chi connectivity index (χ4v) is 6.15. The van der Waals surface area contributed by atoms with Crippen molar-refractivity contribution in [2.75, 3.05) is 22.5 Å². The first kappa shape index (κ1) is 22.5. The molecule has 3 aromatic rings. The molecule has 5 nitrogen and oxygen atoms in total. The molecule has 0 unspecified atom stereocenters. The van der Waals surface area contributed by atoms with E-state index < -0.39 is 4.87 Å². The Bertz CT molecular complexity index is 1250. The minimum absolute atomic E-state index is 0.175. The van der Waals surface area contributed by atoms with Gasteiger partial charge in [-0.1, -0.05) is 56.3 Å². The number of benzene rings is 3. The molecule has 0 saturated carbocycles. The fraction of sp³-hybridized carbons (Fsp3) is 0.259. The zero-order valence-electron chi connectivity index (χ0n) is 19.1. The molecule has 0 bridgehead atoms. The Morgan fingerprint density at radius 1 is 1.09 bits per heavy atom. The molecular weight excluding hydrogens is 449 g/mol. The van der Waals surface area contributed by atoms with Crippen LogP contribution < -0.4 is 10.2 Å². The third-order valence-corrected chi connectivity index (χ3v) is 7.82. The summed E-state index contributed by atoms with van der Waals surface area (Å²) in [6.07, 6.45) is 0. The number of para-hydroxylation sites is 1. The summed E-state index contributed by atoms with van der Waals surface area (Å²) in [5.74, 6) is 0.533. The van der Waals surface area contributed by atoms with Crippen molar-refractivity contribution in [3.05, 3.63) is 95.3 Å². The smallest absolute Gasteiger partial charge is 0.308 e. The zero-order chi connectivity index (χ0) is 23.9. The second kappa shape index (κ2) is 8.80. The van der Waals surface area contributed by atoms with Gasteiger partial charge in [0, 0.05) is 23.5 Å². The van der Waals surface area contributed by atoms with Crippen LogP contribution in [0.15, 0.2) is 72.8 Å². The van der Waals surface area contributed by atoms with Crippen LogP contribution in [-0.4, -0.2) is 29.1 Å². The highest BCUT2D eigenvalue weighted by atomic mass is 32.2. The zero-order valence-corrected chi connectivity index (χ0v) is 19.9. The molecular formula is C27H26FN3O2S. The van der Waals surface area contributed by atoms with E-state index in [-0.39, 0.29) is 24.3 Å². The largest absolute Gasteiger partial charge is 0.323 e. The maximum Gasteiger partial charge on any atom is 0.323 e. The van der Waals surface area contributed by atoms with E-state index in [4.69, 9.17) is 0 Å². The average Bonchev–Trinajstić information content (AvgIpc) is 3.37. The summed E-state index contributed by atoms with van der Waals surface area (Å²) in [5.41, 5.74) is 4.13. The van der Waals surface area contributed by atoms with E-state index in [0.717, 1.165) is 11.3 Å². The second-order valence-corrected chi connectivity index (χ2v) is 10.2. The predicted molar refractivity (Wildman–Crippen MR) is 134 cm³/mol. The normalized spacial score (nSPS) is 19.2. The highest BCUT2D eigenvalue weighted by Gasteiger charge is 2.59. The van der Waals surface area contributed by atoms with Crippen LogP contribution in [0, 0.1) is 5.82 Å². The first-order valence-corrected chi connectivity index (χ1v) is 12.4. The van der Waals surface area contributed by atoms with Gasteiger partial charge in [-0.3, -0.25) is 9.69 Å². The van der Waals surface area contributed by atoms with Crippen LogP contribution >= 0.6 is 11.8 Å². The molecule has 1 N–H and O–H groups in total. The number of carbonyl (C=O) groups excluding carboxylic acids is 2. The number of amides is 3. The van der Waals surface area contributed by atoms with Gasteiger partial charge >= 0.3 is 6.03 Å². The third kappa shape index (κ3) is 3.74. The molecule has 1 saturated heterocycles. The van der Waals surface area contributed by atoms with Crippen molar-refractivity contribution in [2.45, 2.75) is 31.2 Å². The lowest BCUT2D eigenvalue weighted by Gasteiger charge is -2.33. The molecule has 2 aliphatic rings. The molecule has 2 heterocycles. The van der Waals surface area contributed by atoms with E-state index in [1.807, 2.05) is 48.5 Å². The quantitative estimate of drug-likeness (QED) is 0.509. The average molecular weight is 476 g/mol. The van der Waals surface area contributed by atoms with Crippen molar-refractivity contribution < 1.29 is 14.0 Å². The first-order valence-electron chi connectivity index (χ1n) is 11.4. The first-order chi connectivity index (χ1) is 16.4. The van der Waals surface area contributed by atoms with Crippen molar-refractivity contribution >= 4 is 35.1 Å². The molecule has 34 heavy (non-hydrogen) atoms. The molecule has 7 heteroatoms. The minimum atomic E-state index is -1.13. The van der Waals surface area contributed by atoms with Crippen molar-refractivity contribution in [3.63, 3.8) is 0 Å². The number of thioether (sulfide) groups is 1. The van der Waals surface area contributed by atoms with Gasteiger partial charge in [0.1, 0.15) is 5.82 Å². The van der Waals surface area contributed by atoms with Crippen LogP contribution in [-0.2, 0) is 16.2 Å². The van der Waals surface area contributed by atoms with Crippen LogP contribution in [0.4, 0.5) is 20.6 Å². The number of nitrogens with one attached hydrogen (secondary N) is 1. The maximum absolute atomic E-state index is 14.0. The van der Waals surface area contributed by atoms with E-state index in [2.05, 4.69) is 19.2 Å². The molecule has 0 aliphatic carbocycles. The monoisotopic (exact) mass is 475 g/mol. The summed E-state index contributed by atoms with van der Waals surface area (Å²) in [4.78, 5) is 29.6. The summed E-state index contributed by atoms with van der Waals surface area (Å²) in [5, 5.41) is 2.98. The lowest BCUT2D eigenvalue weighted by atomic mass is 10.0. The molecule has 1 spiro atoms. The number of halogens is 1. The molecule has 174 valence electrons. The van der Waals surface area contributed by atoms with Crippen molar-refractivity contribution in [3.8, 4) is 0 Å². The molecule has 5 rings (SSSR count). The van der Waals surface area contributed by atoms with Gasteiger partial charge in [0.2, 0.25) is 0 Å². The van der Waals surface area contributed by atoms with Gasteiger partial charge in [-0.05, 0) is 47.4 Å². The van der Waals surface area contributed by atoms with E-state index in [1.54, 1.807) is 21.9 Å². The van der Waals surface area contributed by atoms with E-state index in [1.165, 1.54) is 29.5 Å². The number of carbonyl (C=O) groups is 2. The van der Waals surface area contributed by atoms with E-state index in [9.17, 15) is 14.0 Å². The number of rotatable bonds is 4. The standard InChI is InChI=1S/C27H26FN3O2S/c1-18(2)20-10-12-22(13-11-20)29-26(33)31-14-15-34-27(31)23-8-3-4-9-24(23)30(25(27)32)17-19-6-5-7-21(28)16-19/h3-13,16,18H,14-15,17H2,1-2H3,(H,29,33)/t27-/m1/s1. The van der Waals surface area contributed by atoms with Gasteiger partial charge in [-0.2, -0.15) is 0 Å². The lowest BCUT2D eigenvalue weighted by molar-refractivity contribution is -0.123. The van der Waals surface area contributed by atoms with Crippen molar-refractivity contribution in [2.24, 2.45) is 0 Å². The van der Waals surface area contributed by atoms with Crippen LogP contribution in [0.2, 0.25) is 0 Å². The summed E-state index contributed by atoms with van der Waals surface area (Å²) in [6, 6.07) is 21.3. The summed E-state index contributed by atoms with van der Waals surface area (Å²) in [6.45, 7) is 4.94. The Kier molecular flexibility index (Phi) is 5.81. The Balaban J connectivity index is 1.46. The molecule has 1 fully saturated rings. The second-order valence-electron chi connectivity index (χ2n) is 8.89. The van der Waals surface area contributed by atoms with E-state index >= 15 is 0 Å². The summed E-state index contributed by atoms with van der Waals surface area (Å²) in [7, 11) is 0. The van der Waals surface area contributed by atoms with Gasteiger partial charge in [0.05, 0.1) is 12.2 Å². The Morgan fingerprint density at radius 2 is 1.85 bits per heavy atom. The van der Waals surface area contributed by atoms with Crippen LogP contribution in [0.1, 0.15) is 36.5 Å². The maximum atomic E-state index is 14.0. The predicted octanol–water partition coefficient (Wildman–Crippen LogP) is 5.93. The number of hydrogen-bond acceptors (Lipinski definition) is 3. The molecule has 3 aromatic carbocycles. The Hall–Kier alpha value is -3.32. The Labute approximate surface area is 202 Å². The molecule has 3 amide bonds. The highest BCUT2D eigenvalue weighted by Crippen LogP contribution is 2.54. The van der Waals surface area contributed by atoms with Crippen LogP contribution in [0.5, 0.6) is 0 Å². The molecule has 0 radical (unpaired) electrons. The SMILES string of the molecule is CC(C)c1ccc(NC(=O)N2CCS[C@]23C(=O)N(Cc2cccc(F)c2)c2ccccc23)cc1. The highest BCUT2D eigenvalue weighted by molar-refractivity contribution is 8.01. The van der Waals surface area contributed by atoms with Gasteiger partial charge in [-0.25, -0.2) is 9.18 Å². The Morgan fingerprint density at radius 3 is 2.59 bits per heavy atom. The number of fused-ring (bicyclic) bond motifs is 2. The molecule has 2 aliphatic heterocycles. The fourth-order valence-electron chi connectivity index (χ4n) is 4.69. The lowest BCUT2D eigenvalue weighted by Crippen LogP contribution is -2.51. The van der Waals surface area contributed by atoms with Crippen molar-refractivity contribution in [1.82, 2.24) is 4.90 Å². The summed E-state index contributed by atoms with van der Waals surface area (Å²) >= 11 is 1.47. The van der Waals surface area contributed by atoms with Gasteiger partial charge in [0.15, 0.2) is 4.87 Å². The summed E-state index contributed by atoms with van der Waals surface area (Å²) < 4.78 is 13.8. The van der Waals surface area contributed by atoms with Gasteiger partial charge in [-0.15, -0.1) is 11.8 Å². The molecule has 0 aromatic heterocycles. The number of nitrogens with zero attached hydrogens (tertiary/aromatic N) is 2. The van der Waals surface area contributed by atoms with Crippen molar-refractivity contribution in [1.29, 1.82) is 0 Å². The van der Waals surface area contributed by atoms with Gasteiger partial charge < -0.3 is 10.2 Å².